The lowest BCUT2D eigenvalue weighted by Gasteiger charge is -2.02. The number of nitrogens with zero attached hydrogens (tertiary/aromatic N) is 1. The highest BCUT2D eigenvalue weighted by Gasteiger charge is 2.07. The molecule has 2 rings (SSSR count). The van der Waals surface area contributed by atoms with Gasteiger partial charge in [0.2, 0.25) is 0 Å². The molecule has 84 valence electrons. The predicted molar refractivity (Wildman–Crippen MR) is 59.5 cm³/mol. The van der Waals surface area contributed by atoms with Crippen molar-refractivity contribution in [2.45, 2.75) is 19.9 Å². The summed E-state index contributed by atoms with van der Waals surface area (Å²) in [5.74, 6) is -0.870. The maximum Gasteiger partial charge on any atom is 0.305 e. The Morgan fingerprint density at radius 2 is 2.31 bits per heavy atom. The molecule has 0 unspecified atom stereocenters. The van der Waals surface area contributed by atoms with E-state index in [1.54, 1.807) is 10.8 Å². The summed E-state index contributed by atoms with van der Waals surface area (Å²) in [5.41, 5.74) is 1.16. The van der Waals surface area contributed by atoms with Crippen molar-refractivity contribution in [1.82, 2.24) is 9.55 Å². The quantitative estimate of drug-likeness (QED) is 0.813. The van der Waals surface area contributed by atoms with E-state index in [0.717, 1.165) is 11.1 Å². The van der Waals surface area contributed by atoms with Crippen LogP contribution >= 0.6 is 0 Å². The molecule has 2 heterocycles. The van der Waals surface area contributed by atoms with Crippen molar-refractivity contribution in [1.29, 1.82) is 0 Å². The second kappa shape index (κ2) is 3.84. The average molecular weight is 220 g/mol. The van der Waals surface area contributed by atoms with E-state index in [9.17, 15) is 9.59 Å². The smallest absolute Gasteiger partial charge is 0.305 e. The van der Waals surface area contributed by atoms with Crippen molar-refractivity contribution in [3.8, 4) is 0 Å². The van der Waals surface area contributed by atoms with Crippen LogP contribution in [0.1, 0.15) is 12.1 Å². The van der Waals surface area contributed by atoms with Gasteiger partial charge in [0.25, 0.3) is 5.56 Å². The van der Waals surface area contributed by atoms with E-state index in [2.05, 4.69) is 4.98 Å². The van der Waals surface area contributed by atoms with Crippen LogP contribution in [0.25, 0.3) is 10.9 Å². The number of nitrogens with one attached hydrogen (secondary N) is 1. The van der Waals surface area contributed by atoms with Crippen molar-refractivity contribution in [2.24, 2.45) is 0 Å². The first kappa shape index (κ1) is 10.5. The first-order chi connectivity index (χ1) is 7.58. The Hall–Kier alpha value is -2.04. The van der Waals surface area contributed by atoms with Gasteiger partial charge in [-0.1, -0.05) is 0 Å². The number of aliphatic carboxylic acids is 1. The molecule has 5 nitrogen and oxygen atoms in total. The summed E-state index contributed by atoms with van der Waals surface area (Å²) in [6.07, 6.45) is 1.75. The highest BCUT2D eigenvalue weighted by atomic mass is 16.4. The van der Waals surface area contributed by atoms with E-state index in [1.807, 2.05) is 19.1 Å². The van der Waals surface area contributed by atoms with E-state index in [-0.39, 0.29) is 12.0 Å². The van der Waals surface area contributed by atoms with Gasteiger partial charge in [-0.05, 0) is 19.1 Å². The Kier molecular flexibility index (Phi) is 2.52. The molecular formula is C11H12N2O3. The molecule has 5 heteroatoms. The summed E-state index contributed by atoms with van der Waals surface area (Å²) in [6.45, 7) is 2.13. The Bertz CT molecular complexity index is 595. The number of hydrogen-bond acceptors (Lipinski definition) is 2. The molecule has 0 atom stereocenters. The Morgan fingerprint density at radius 1 is 1.56 bits per heavy atom. The van der Waals surface area contributed by atoms with Gasteiger partial charge in [0.15, 0.2) is 0 Å². The SMILES string of the molecule is Cc1cc2ccn(CCC(=O)O)c2c(=O)[nH]1. The molecule has 0 bridgehead atoms. The third kappa shape index (κ3) is 1.84. The number of hydrogen-bond donors (Lipinski definition) is 2. The molecule has 0 fully saturated rings. The highest BCUT2D eigenvalue weighted by molar-refractivity contribution is 5.79. The molecule has 0 aliphatic rings. The second-order valence-corrected chi connectivity index (χ2v) is 3.74. The van der Waals surface area contributed by atoms with Crippen molar-refractivity contribution in [3.63, 3.8) is 0 Å². The van der Waals surface area contributed by atoms with Gasteiger partial charge in [-0.2, -0.15) is 0 Å². The molecule has 0 aromatic carbocycles. The average Bonchev–Trinajstić information content (AvgIpc) is 2.57. The van der Waals surface area contributed by atoms with Crippen LogP contribution in [0.15, 0.2) is 23.1 Å². The fourth-order valence-corrected chi connectivity index (χ4v) is 1.78. The van der Waals surface area contributed by atoms with E-state index < -0.39 is 5.97 Å². The number of fused-ring (bicyclic) bond motifs is 1. The minimum Gasteiger partial charge on any atom is -0.481 e. The minimum atomic E-state index is -0.870. The molecule has 2 N–H and O–H groups in total. The number of carboxylic acids is 1. The van der Waals surface area contributed by atoms with Crippen LogP contribution in [-0.2, 0) is 11.3 Å². The van der Waals surface area contributed by atoms with Crippen LogP contribution in [0.3, 0.4) is 0 Å². The topological polar surface area (TPSA) is 75.1 Å². The number of H-pyrrole nitrogens is 1. The normalized spacial score (nSPS) is 10.8. The van der Waals surface area contributed by atoms with E-state index in [0.29, 0.717) is 12.1 Å². The number of rotatable bonds is 3. The van der Waals surface area contributed by atoms with Gasteiger partial charge in [0.05, 0.1) is 6.42 Å². The van der Waals surface area contributed by atoms with Crippen LogP contribution < -0.4 is 5.56 Å². The third-order valence-electron chi connectivity index (χ3n) is 2.46. The molecule has 0 aliphatic carbocycles. The molecule has 0 aliphatic heterocycles. The maximum absolute atomic E-state index is 11.7. The molecule has 2 aromatic rings. The fourth-order valence-electron chi connectivity index (χ4n) is 1.78. The first-order valence-corrected chi connectivity index (χ1v) is 4.98. The lowest BCUT2D eigenvalue weighted by Crippen LogP contribution is -2.13. The fraction of sp³-hybridized carbons (Fsp3) is 0.273. The second-order valence-electron chi connectivity index (χ2n) is 3.74. The van der Waals surface area contributed by atoms with Crippen LogP contribution in [0.2, 0.25) is 0 Å². The summed E-state index contributed by atoms with van der Waals surface area (Å²) >= 11 is 0. The predicted octanol–water partition coefficient (Wildman–Crippen LogP) is 1.11. The number of pyridine rings is 1. The Morgan fingerprint density at radius 3 is 3.00 bits per heavy atom. The molecule has 0 spiro atoms. The van der Waals surface area contributed by atoms with Gasteiger partial charge in [0, 0.05) is 23.8 Å². The number of aromatic amines is 1. The standard InChI is InChI=1S/C11H12N2O3/c1-7-6-8-2-4-13(5-3-9(14)15)10(8)11(16)12-7/h2,4,6H,3,5H2,1H3,(H,12,16)(H,14,15). The zero-order chi connectivity index (χ0) is 11.7. The zero-order valence-electron chi connectivity index (χ0n) is 8.86. The molecule has 2 aromatic heterocycles. The number of carboxylic acid groups (broad SMARTS) is 1. The molecule has 16 heavy (non-hydrogen) atoms. The van der Waals surface area contributed by atoms with Gasteiger partial charge >= 0.3 is 5.97 Å². The third-order valence-corrected chi connectivity index (χ3v) is 2.46. The van der Waals surface area contributed by atoms with E-state index in [4.69, 9.17) is 5.11 Å². The van der Waals surface area contributed by atoms with Gasteiger partial charge in [-0.15, -0.1) is 0 Å². The van der Waals surface area contributed by atoms with Crippen molar-refractivity contribution in [3.05, 3.63) is 34.4 Å². The van der Waals surface area contributed by atoms with Gasteiger partial charge in [0.1, 0.15) is 5.52 Å². The monoisotopic (exact) mass is 220 g/mol. The number of aromatic nitrogens is 2. The largest absolute Gasteiger partial charge is 0.481 e. The lowest BCUT2D eigenvalue weighted by atomic mass is 10.3. The van der Waals surface area contributed by atoms with Crippen molar-refractivity contribution >= 4 is 16.9 Å². The zero-order valence-corrected chi connectivity index (χ0v) is 8.86. The van der Waals surface area contributed by atoms with Crippen LogP contribution in [0.4, 0.5) is 0 Å². The summed E-state index contributed by atoms with van der Waals surface area (Å²) in [7, 11) is 0. The molecule has 0 saturated heterocycles. The first-order valence-electron chi connectivity index (χ1n) is 4.98. The molecular weight excluding hydrogens is 208 g/mol. The number of aryl methyl sites for hydroxylation is 2. The van der Waals surface area contributed by atoms with Gasteiger partial charge in [-0.3, -0.25) is 9.59 Å². The van der Waals surface area contributed by atoms with Gasteiger partial charge in [-0.25, -0.2) is 0 Å². The lowest BCUT2D eigenvalue weighted by molar-refractivity contribution is -0.137. The highest BCUT2D eigenvalue weighted by Crippen LogP contribution is 2.12. The van der Waals surface area contributed by atoms with Gasteiger partial charge < -0.3 is 14.7 Å². The summed E-state index contributed by atoms with van der Waals surface area (Å²) < 4.78 is 1.67. The minimum absolute atomic E-state index is 0.0110. The van der Waals surface area contributed by atoms with Crippen molar-refractivity contribution in [2.75, 3.05) is 0 Å². The van der Waals surface area contributed by atoms with Crippen LogP contribution in [0, 0.1) is 6.92 Å². The Labute approximate surface area is 91.3 Å². The van der Waals surface area contributed by atoms with Crippen molar-refractivity contribution < 1.29 is 9.90 Å². The molecule has 0 saturated carbocycles. The maximum atomic E-state index is 11.7. The van der Waals surface area contributed by atoms with E-state index >= 15 is 0 Å². The van der Waals surface area contributed by atoms with Crippen LogP contribution in [0.5, 0.6) is 0 Å². The summed E-state index contributed by atoms with van der Waals surface area (Å²) in [4.78, 5) is 24.9. The van der Waals surface area contributed by atoms with Crippen LogP contribution in [-0.4, -0.2) is 20.6 Å². The Balaban J connectivity index is 2.48. The summed E-state index contributed by atoms with van der Waals surface area (Å²) in [5, 5.41) is 9.44. The number of carbonyl (C=O) groups is 1. The molecule has 0 radical (unpaired) electrons. The molecule has 0 amide bonds. The van der Waals surface area contributed by atoms with E-state index in [1.165, 1.54) is 0 Å². The summed E-state index contributed by atoms with van der Waals surface area (Å²) in [6, 6.07) is 3.69.